The van der Waals surface area contributed by atoms with Gasteiger partial charge in [-0.1, -0.05) is 17.7 Å². The number of rotatable bonds is 8. The maximum atomic E-state index is 14.8. The van der Waals surface area contributed by atoms with E-state index < -0.39 is 29.6 Å². The van der Waals surface area contributed by atoms with E-state index in [2.05, 4.69) is 20.5 Å². The van der Waals surface area contributed by atoms with Crippen molar-refractivity contribution in [3.8, 4) is 5.69 Å². The van der Waals surface area contributed by atoms with Crippen LogP contribution in [0.15, 0.2) is 61.3 Å². The largest absolute Gasteiger partial charge is 0.395 e. The van der Waals surface area contributed by atoms with Crippen LogP contribution in [0.5, 0.6) is 0 Å². The first-order chi connectivity index (χ1) is 16.3. The quantitative estimate of drug-likeness (QED) is 0.399. The lowest BCUT2D eigenvalue weighted by molar-refractivity contribution is 0.0918. The maximum absolute atomic E-state index is 14.8. The Balaban J connectivity index is 1.61. The van der Waals surface area contributed by atoms with Crippen LogP contribution < -0.4 is 5.32 Å². The molecule has 34 heavy (non-hydrogen) atoms. The number of carbonyl (C=O) groups excluding carboxylic acids is 1. The lowest BCUT2D eigenvalue weighted by atomic mass is 9.80. The fourth-order valence-corrected chi connectivity index (χ4v) is 3.92. The summed E-state index contributed by atoms with van der Waals surface area (Å²) >= 11 is 5.94. The molecule has 8 nitrogen and oxygen atoms in total. The van der Waals surface area contributed by atoms with Crippen molar-refractivity contribution in [3.63, 3.8) is 0 Å². The van der Waals surface area contributed by atoms with E-state index in [1.54, 1.807) is 35.9 Å². The van der Waals surface area contributed by atoms with Gasteiger partial charge >= 0.3 is 0 Å². The molecule has 2 heterocycles. The van der Waals surface area contributed by atoms with Crippen molar-refractivity contribution in [1.82, 2.24) is 29.9 Å². The highest BCUT2D eigenvalue weighted by Crippen LogP contribution is 2.29. The summed E-state index contributed by atoms with van der Waals surface area (Å²) < 4.78 is 31.3. The number of hydrogen-bond donors (Lipinski definition) is 2. The van der Waals surface area contributed by atoms with Gasteiger partial charge in [-0.15, -0.1) is 0 Å². The minimum Gasteiger partial charge on any atom is -0.395 e. The number of aliphatic hydroxyl groups excluding tert-OH is 1. The summed E-state index contributed by atoms with van der Waals surface area (Å²) in [4.78, 5) is 16.9. The van der Waals surface area contributed by atoms with E-state index in [1.807, 2.05) is 0 Å². The predicted molar refractivity (Wildman–Crippen MR) is 121 cm³/mol. The van der Waals surface area contributed by atoms with Crippen molar-refractivity contribution >= 4 is 17.5 Å². The van der Waals surface area contributed by atoms with Crippen LogP contribution in [0.1, 0.15) is 21.6 Å². The molecule has 0 saturated heterocycles. The summed E-state index contributed by atoms with van der Waals surface area (Å²) in [5, 5.41) is 22.0. The molecule has 0 unspecified atom stereocenters. The third kappa shape index (κ3) is 4.68. The first-order valence-corrected chi connectivity index (χ1v) is 10.7. The Morgan fingerprint density at radius 3 is 2.59 bits per heavy atom. The highest BCUT2D eigenvalue weighted by Gasteiger charge is 2.36. The highest BCUT2D eigenvalue weighted by atomic mass is 35.5. The zero-order valence-corrected chi connectivity index (χ0v) is 18.9. The predicted octanol–water partition coefficient (Wildman–Crippen LogP) is 3.06. The van der Waals surface area contributed by atoms with E-state index in [4.69, 9.17) is 11.6 Å². The summed E-state index contributed by atoms with van der Waals surface area (Å²) in [6.45, 7) is 1.04. The average molecular weight is 487 g/mol. The first-order valence-electron chi connectivity index (χ1n) is 10.3. The molecule has 2 N–H and O–H groups in total. The minimum atomic E-state index is -1.33. The number of aromatic nitrogens is 5. The molecule has 0 aliphatic rings. The molecule has 4 rings (SSSR count). The van der Waals surface area contributed by atoms with E-state index in [-0.39, 0.29) is 18.7 Å². The second-order valence-corrected chi connectivity index (χ2v) is 8.31. The van der Waals surface area contributed by atoms with Gasteiger partial charge in [0, 0.05) is 23.2 Å². The molecule has 0 bridgehead atoms. The number of benzene rings is 2. The smallest absolute Gasteiger partial charge is 0.254 e. The SMILES string of the molecule is Cc1c(C(=O)NC[C@@](CO)(Cn2cncn2)c2ccc(F)cc2F)cnn1-c1ccc(Cl)cc1. The number of nitrogens with one attached hydrogen (secondary N) is 1. The van der Waals surface area contributed by atoms with Crippen LogP contribution in [0.3, 0.4) is 0 Å². The van der Waals surface area contributed by atoms with Crippen LogP contribution in [0.4, 0.5) is 8.78 Å². The number of nitrogens with zero attached hydrogens (tertiary/aromatic N) is 5. The minimum absolute atomic E-state index is 0.00461. The Bertz CT molecular complexity index is 1290. The van der Waals surface area contributed by atoms with Gasteiger partial charge in [0.15, 0.2) is 0 Å². The molecule has 1 amide bonds. The normalized spacial score (nSPS) is 13.0. The molecule has 2 aromatic carbocycles. The number of carbonyl (C=O) groups is 1. The van der Waals surface area contributed by atoms with Crippen molar-refractivity contribution in [2.24, 2.45) is 0 Å². The molecule has 11 heteroatoms. The van der Waals surface area contributed by atoms with Crippen LogP contribution in [-0.2, 0) is 12.0 Å². The standard InChI is InChI=1S/C23H21ClF2N6O2/c1-15-19(9-29-32(15)18-5-2-16(24)3-6-18)22(34)28-10-23(12-33,11-31-14-27-13-30-31)20-7-4-17(25)8-21(20)26/h2-9,13-14,33H,10-12H2,1H3,(H,28,34)/t23-/m0/s1. The molecule has 0 radical (unpaired) electrons. The first kappa shape index (κ1) is 23.5. The molecular weight excluding hydrogens is 466 g/mol. The van der Waals surface area contributed by atoms with Gasteiger partial charge in [-0.2, -0.15) is 10.2 Å². The van der Waals surface area contributed by atoms with Gasteiger partial charge in [0.25, 0.3) is 5.91 Å². The number of aliphatic hydroxyl groups is 1. The second-order valence-electron chi connectivity index (χ2n) is 7.87. The summed E-state index contributed by atoms with van der Waals surface area (Å²) in [5.74, 6) is -2.05. The van der Waals surface area contributed by atoms with Gasteiger partial charge in [0.1, 0.15) is 24.3 Å². The lowest BCUT2D eigenvalue weighted by Crippen LogP contribution is -2.47. The molecule has 1 atom stereocenters. The number of amides is 1. The second kappa shape index (κ2) is 9.70. The fraction of sp³-hybridized carbons (Fsp3) is 0.217. The van der Waals surface area contributed by atoms with E-state index in [0.717, 1.165) is 17.8 Å². The summed E-state index contributed by atoms with van der Waals surface area (Å²) in [6.07, 6.45) is 4.14. The van der Waals surface area contributed by atoms with Gasteiger partial charge in [0.2, 0.25) is 0 Å². The molecule has 176 valence electrons. The molecule has 0 saturated carbocycles. The topological polar surface area (TPSA) is 97.9 Å². The van der Waals surface area contributed by atoms with Gasteiger partial charge in [-0.05, 0) is 37.3 Å². The van der Waals surface area contributed by atoms with Crippen molar-refractivity contribution in [3.05, 3.63) is 94.8 Å². The Morgan fingerprint density at radius 1 is 1.18 bits per heavy atom. The number of halogens is 3. The third-order valence-electron chi connectivity index (χ3n) is 5.65. The van der Waals surface area contributed by atoms with E-state index in [9.17, 15) is 18.7 Å². The van der Waals surface area contributed by atoms with E-state index >= 15 is 0 Å². The van der Waals surface area contributed by atoms with Gasteiger partial charge in [-0.3, -0.25) is 9.48 Å². The van der Waals surface area contributed by atoms with Crippen LogP contribution in [0.2, 0.25) is 5.02 Å². The van der Waals surface area contributed by atoms with Crippen LogP contribution >= 0.6 is 11.6 Å². The average Bonchev–Trinajstić information content (AvgIpc) is 3.47. The molecule has 0 aliphatic carbocycles. The van der Waals surface area contributed by atoms with Gasteiger partial charge < -0.3 is 10.4 Å². The third-order valence-corrected chi connectivity index (χ3v) is 5.90. The van der Waals surface area contributed by atoms with Crippen molar-refractivity contribution in [2.75, 3.05) is 13.2 Å². The highest BCUT2D eigenvalue weighted by molar-refractivity contribution is 6.30. The molecule has 0 fully saturated rings. The van der Waals surface area contributed by atoms with Crippen molar-refractivity contribution in [1.29, 1.82) is 0 Å². The van der Waals surface area contributed by atoms with Crippen LogP contribution in [0.25, 0.3) is 5.69 Å². The zero-order valence-electron chi connectivity index (χ0n) is 18.1. The summed E-state index contributed by atoms with van der Waals surface area (Å²) in [7, 11) is 0. The van der Waals surface area contributed by atoms with E-state index in [1.165, 1.54) is 29.6 Å². The van der Waals surface area contributed by atoms with Crippen LogP contribution in [0, 0.1) is 18.6 Å². The Hall–Kier alpha value is -3.63. The molecule has 0 aliphatic heterocycles. The molecule has 2 aromatic heterocycles. The Kier molecular flexibility index (Phi) is 6.71. The van der Waals surface area contributed by atoms with Gasteiger partial charge in [0.05, 0.1) is 41.7 Å². The zero-order chi connectivity index (χ0) is 24.3. The monoisotopic (exact) mass is 486 g/mol. The maximum Gasteiger partial charge on any atom is 0.254 e. The lowest BCUT2D eigenvalue weighted by Gasteiger charge is -2.32. The Labute approximate surface area is 198 Å². The summed E-state index contributed by atoms with van der Waals surface area (Å²) in [6, 6.07) is 10.1. The van der Waals surface area contributed by atoms with Crippen LogP contribution in [-0.4, -0.2) is 48.7 Å². The van der Waals surface area contributed by atoms with Crippen molar-refractivity contribution in [2.45, 2.75) is 18.9 Å². The number of hydrogen-bond acceptors (Lipinski definition) is 5. The van der Waals surface area contributed by atoms with Gasteiger partial charge in [-0.25, -0.2) is 18.4 Å². The molecule has 4 aromatic rings. The summed E-state index contributed by atoms with van der Waals surface area (Å²) in [5.41, 5.74) is 0.327. The Morgan fingerprint density at radius 2 is 1.94 bits per heavy atom. The fourth-order valence-electron chi connectivity index (χ4n) is 3.79. The van der Waals surface area contributed by atoms with E-state index in [0.29, 0.717) is 16.3 Å². The molecular formula is C23H21ClF2N6O2. The molecule has 0 spiro atoms. The van der Waals surface area contributed by atoms with Crippen molar-refractivity contribution < 1.29 is 18.7 Å².